The number of pyridine rings is 1. The first kappa shape index (κ1) is 13.7. The van der Waals surface area contributed by atoms with Crippen LogP contribution in [0.5, 0.6) is 0 Å². The zero-order valence-electron chi connectivity index (χ0n) is 10.5. The molecule has 0 radical (unpaired) electrons. The standard InChI is InChI=1S/C14H16N4/c1-3-5-12(6-4-2)9-14-8-7-13(10-16-14)11-17-18-15/h3-8,10H,1,9,11H2,2H3/b6-4-,12-5+. The molecule has 1 rings (SSSR count). The third-order valence-corrected chi connectivity index (χ3v) is 2.30. The van der Waals surface area contributed by atoms with Gasteiger partial charge in [0, 0.05) is 23.2 Å². The van der Waals surface area contributed by atoms with E-state index in [2.05, 4.69) is 21.6 Å². The summed E-state index contributed by atoms with van der Waals surface area (Å²) in [6, 6.07) is 3.88. The summed E-state index contributed by atoms with van der Waals surface area (Å²) in [5.41, 5.74) is 11.3. The Hall–Kier alpha value is -2.32. The van der Waals surface area contributed by atoms with Gasteiger partial charge in [0.1, 0.15) is 0 Å². The number of allylic oxidation sites excluding steroid dienone is 5. The van der Waals surface area contributed by atoms with Crippen LogP contribution >= 0.6 is 0 Å². The van der Waals surface area contributed by atoms with Crippen molar-refractivity contribution in [1.29, 1.82) is 0 Å². The quantitative estimate of drug-likeness (QED) is 0.319. The Morgan fingerprint density at radius 2 is 2.39 bits per heavy atom. The van der Waals surface area contributed by atoms with Crippen LogP contribution in [0.1, 0.15) is 18.2 Å². The zero-order valence-corrected chi connectivity index (χ0v) is 10.5. The van der Waals surface area contributed by atoms with Gasteiger partial charge in [0.2, 0.25) is 0 Å². The van der Waals surface area contributed by atoms with Crippen molar-refractivity contribution >= 4 is 0 Å². The van der Waals surface area contributed by atoms with Gasteiger partial charge in [-0.25, -0.2) is 0 Å². The van der Waals surface area contributed by atoms with Gasteiger partial charge in [0.05, 0.1) is 6.54 Å². The van der Waals surface area contributed by atoms with Crippen LogP contribution in [0.25, 0.3) is 10.4 Å². The Labute approximate surface area is 107 Å². The molecule has 92 valence electrons. The lowest BCUT2D eigenvalue weighted by molar-refractivity contribution is 0.995. The molecule has 1 aromatic heterocycles. The zero-order chi connectivity index (χ0) is 13.2. The maximum Gasteiger partial charge on any atom is 0.0526 e. The van der Waals surface area contributed by atoms with Crippen LogP contribution in [-0.4, -0.2) is 4.98 Å². The summed E-state index contributed by atoms with van der Waals surface area (Å²) < 4.78 is 0. The van der Waals surface area contributed by atoms with Gasteiger partial charge in [-0.1, -0.05) is 42.1 Å². The first-order valence-electron chi connectivity index (χ1n) is 5.69. The fourth-order valence-electron chi connectivity index (χ4n) is 1.51. The Kier molecular flexibility index (Phi) is 6.01. The Balaban J connectivity index is 2.75. The lowest BCUT2D eigenvalue weighted by Gasteiger charge is -2.02. The molecule has 4 heteroatoms. The monoisotopic (exact) mass is 240 g/mol. The van der Waals surface area contributed by atoms with Crippen LogP contribution in [0.15, 0.2) is 59.9 Å². The lowest BCUT2D eigenvalue weighted by atomic mass is 10.1. The molecule has 0 spiro atoms. The second-order valence-corrected chi connectivity index (χ2v) is 3.70. The number of hydrogen-bond donors (Lipinski definition) is 0. The van der Waals surface area contributed by atoms with Crippen LogP contribution in [-0.2, 0) is 13.0 Å². The van der Waals surface area contributed by atoms with E-state index in [1.54, 1.807) is 12.3 Å². The van der Waals surface area contributed by atoms with Gasteiger partial charge >= 0.3 is 0 Å². The van der Waals surface area contributed by atoms with Crippen molar-refractivity contribution in [3.05, 3.63) is 76.5 Å². The van der Waals surface area contributed by atoms with Gasteiger partial charge in [0.15, 0.2) is 0 Å². The van der Waals surface area contributed by atoms with E-state index >= 15 is 0 Å². The smallest absolute Gasteiger partial charge is 0.0526 e. The molecular formula is C14H16N4. The first-order valence-corrected chi connectivity index (χ1v) is 5.69. The van der Waals surface area contributed by atoms with Gasteiger partial charge in [-0.05, 0) is 29.7 Å². The fraction of sp³-hybridized carbons (Fsp3) is 0.214. The summed E-state index contributed by atoms with van der Waals surface area (Å²) in [4.78, 5) is 7.06. The highest BCUT2D eigenvalue weighted by Gasteiger charge is 1.98. The molecule has 0 unspecified atom stereocenters. The molecule has 0 aromatic carbocycles. The minimum absolute atomic E-state index is 0.341. The van der Waals surface area contributed by atoms with Crippen LogP contribution in [0.2, 0.25) is 0 Å². The molecule has 0 atom stereocenters. The van der Waals surface area contributed by atoms with Gasteiger partial charge in [0.25, 0.3) is 0 Å². The summed E-state index contributed by atoms with van der Waals surface area (Å²) in [5.74, 6) is 0. The largest absolute Gasteiger partial charge is 0.261 e. The van der Waals surface area contributed by atoms with E-state index < -0.39 is 0 Å². The minimum Gasteiger partial charge on any atom is -0.261 e. The Bertz CT molecular complexity index is 491. The highest BCUT2D eigenvalue weighted by atomic mass is 15.1. The third-order valence-electron chi connectivity index (χ3n) is 2.30. The van der Waals surface area contributed by atoms with Crippen molar-refractivity contribution in [2.75, 3.05) is 0 Å². The van der Waals surface area contributed by atoms with Crippen LogP contribution in [0.4, 0.5) is 0 Å². The average Bonchev–Trinajstić information content (AvgIpc) is 2.38. The molecule has 0 bridgehead atoms. The van der Waals surface area contributed by atoms with Gasteiger partial charge < -0.3 is 0 Å². The van der Waals surface area contributed by atoms with Crippen LogP contribution < -0.4 is 0 Å². The molecule has 0 saturated carbocycles. The molecule has 1 aromatic rings. The second kappa shape index (κ2) is 7.87. The highest BCUT2D eigenvalue weighted by Crippen LogP contribution is 2.09. The van der Waals surface area contributed by atoms with Gasteiger partial charge in [-0.15, -0.1) is 0 Å². The highest BCUT2D eigenvalue weighted by molar-refractivity contribution is 5.28. The molecule has 0 N–H and O–H groups in total. The average molecular weight is 240 g/mol. The van der Waals surface area contributed by atoms with Crippen molar-refractivity contribution < 1.29 is 0 Å². The number of aromatic nitrogens is 1. The SMILES string of the molecule is C=C/C=C(\C=C/C)Cc1ccc(CN=[N+]=[N-])cn1. The summed E-state index contributed by atoms with van der Waals surface area (Å²) in [6.45, 7) is 6.02. The van der Waals surface area contributed by atoms with Crippen molar-refractivity contribution in [3.8, 4) is 0 Å². The maximum absolute atomic E-state index is 8.23. The van der Waals surface area contributed by atoms with Crippen molar-refractivity contribution in [1.82, 2.24) is 4.98 Å². The summed E-state index contributed by atoms with van der Waals surface area (Å²) in [6.07, 6.45) is 10.3. The van der Waals surface area contributed by atoms with Crippen LogP contribution in [0.3, 0.4) is 0 Å². The molecule has 0 fully saturated rings. The van der Waals surface area contributed by atoms with E-state index in [-0.39, 0.29) is 0 Å². The molecule has 0 aliphatic rings. The molecule has 0 saturated heterocycles. The third kappa shape index (κ3) is 4.68. The molecular weight excluding hydrogens is 224 g/mol. The number of rotatable bonds is 6. The molecule has 0 aliphatic heterocycles. The number of nitrogens with zero attached hydrogens (tertiary/aromatic N) is 4. The topological polar surface area (TPSA) is 61.7 Å². The number of hydrogen-bond acceptors (Lipinski definition) is 2. The van der Waals surface area contributed by atoms with Crippen molar-refractivity contribution in [2.24, 2.45) is 5.11 Å². The fourth-order valence-corrected chi connectivity index (χ4v) is 1.51. The van der Waals surface area contributed by atoms with Crippen molar-refractivity contribution in [2.45, 2.75) is 19.9 Å². The lowest BCUT2D eigenvalue weighted by Crippen LogP contribution is -1.93. The van der Waals surface area contributed by atoms with E-state index in [1.165, 1.54) is 0 Å². The molecule has 0 amide bonds. The Morgan fingerprint density at radius 3 is 2.94 bits per heavy atom. The van der Waals surface area contributed by atoms with E-state index in [9.17, 15) is 0 Å². The number of azide groups is 1. The Morgan fingerprint density at radius 1 is 1.56 bits per heavy atom. The predicted molar refractivity (Wildman–Crippen MR) is 73.9 cm³/mol. The van der Waals surface area contributed by atoms with E-state index in [1.807, 2.05) is 37.3 Å². The van der Waals surface area contributed by atoms with Crippen molar-refractivity contribution in [3.63, 3.8) is 0 Å². The summed E-state index contributed by atoms with van der Waals surface area (Å²) in [5, 5.41) is 3.50. The second-order valence-electron chi connectivity index (χ2n) is 3.70. The minimum atomic E-state index is 0.341. The van der Waals surface area contributed by atoms with E-state index in [0.29, 0.717) is 6.54 Å². The predicted octanol–water partition coefficient (Wildman–Crippen LogP) is 4.12. The molecule has 1 heterocycles. The van der Waals surface area contributed by atoms with E-state index in [4.69, 9.17) is 5.53 Å². The van der Waals surface area contributed by atoms with Gasteiger partial charge in [-0.2, -0.15) is 0 Å². The van der Waals surface area contributed by atoms with E-state index in [0.717, 1.165) is 23.3 Å². The summed E-state index contributed by atoms with van der Waals surface area (Å²) >= 11 is 0. The molecule has 18 heavy (non-hydrogen) atoms. The summed E-state index contributed by atoms with van der Waals surface area (Å²) in [7, 11) is 0. The normalized spacial score (nSPS) is 11.3. The van der Waals surface area contributed by atoms with Crippen LogP contribution in [0, 0.1) is 0 Å². The molecule has 4 nitrogen and oxygen atoms in total. The van der Waals surface area contributed by atoms with Gasteiger partial charge in [-0.3, -0.25) is 4.98 Å². The first-order chi connectivity index (χ1) is 8.80. The molecule has 0 aliphatic carbocycles. The maximum atomic E-state index is 8.23.